The number of piperidine rings is 1. The predicted molar refractivity (Wildman–Crippen MR) is 89.8 cm³/mol. The predicted octanol–water partition coefficient (Wildman–Crippen LogP) is 1.33. The van der Waals surface area contributed by atoms with Crippen molar-refractivity contribution in [1.29, 1.82) is 0 Å². The molecule has 0 spiro atoms. The fourth-order valence-electron chi connectivity index (χ4n) is 3.13. The molecule has 24 heavy (non-hydrogen) atoms. The van der Waals surface area contributed by atoms with Crippen LogP contribution in [-0.4, -0.2) is 67.0 Å². The van der Waals surface area contributed by atoms with Gasteiger partial charge >= 0.3 is 6.18 Å². The summed E-state index contributed by atoms with van der Waals surface area (Å²) in [5, 5.41) is 15.1. The second-order valence-electron chi connectivity index (χ2n) is 6.26. The summed E-state index contributed by atoms with van der Waals surface area (Å²) < 4.78 is 36.9. The number of nitrogens with one attached hydrogen (secondary N) is 2. The van der Waals surface area contributed by atoms with Gasteiger partial charge in [-0.15, -0.1) is 24.8 Å². The fourth-order valence-corrected chi connectivity index (χ4v) is 3.13. The lowest BCUT2D eigenvalue weighted by Crippen LogP contribution is -2.42. The maximum absolute atomic E-state index is 12.3. The highest BCUT2D eigenvalue weighted by Gasteiger charge is 2.32. The molecule has 2 aliphatic rings. The number of hydrogen-bond acceptors (Lipinski definition) is 4. The Morgan fingerprint density at radius 2 is 1.88 bits per heavy atom. The Kier molecular flexibility index (Phi) is 10.5. The topological polar surface area (TPSA) is 64.6 Å². The number of hydrogen-bond donors (Lipinski definition) is 3. The van der Waals surface area contributed by atoms with Gasteiger partial charge in [-0.25, -0.2) is 0 Å². The summed E-state index contributed by atoms with van der Waals surface area (Å²) in [6.07, 6.45) is -1.88. The van der Waals surface area contributed by atoms with Crippen LogP contribution < -0.4 is 10.6 Å². The number of aliphatic hydroxyl groups is 1. The molecule has 0 bridgehead atoms. The third kappa shape index (κ3) is 8.20. The lowest BCUT2D eigenvalue weighted by Gasteiger charge is -2.32. The molecule has 2 heterocycles. The number of β-amino-alcohol motifs (C(OH)–C–C–N with tert-alkyl or cyclic N) is 1. The van der Waals surface area contributed by atoms with Crippen molar-refractivity contribution in [3.63, 3.8) is 0 Å². The van der Waals surface area contributed by atoms with Crippen LogP contribution in [0.25, 0.3) is 0 Å². The summed E-state index contributed by atoms with van der Waals surface area (Å²) >= 11 is 0. The van der Waals surface area contributed by atoms with Gasteiger partial charge in [0.05, 0.1) is 18.7 Å². The summed E-state index contributed by atoms with van der Waals surface area (Å²) in [4.78, 5) is 13.3. The molecule has 2 rings (SSSR count). The van der Waals surface area contributed by atoms with Gasteiger partial charge in [-0.2, -0.15) is 13.2 Å². The zero-order valence-corrected chi connectivity index (χ0v) is 15.0. The number of amides is 1. The molecule has 10 heteroatoms. The number of halogens is 5. The fraction of sp³-hybridized carbons (Fsp3) is 0.929. The van der Waals surface area contributed by atoms with Crippen molar-refractivity contribution in [2.75, 3.05) is 32.7 Å². The number of carbonyl (C=O) groups is 1. The van der Waals surface area contributed by atoms with E-state index in [0.717, 1.165) is 19.3 Å². The lowest BCUT2D eigenvalue weighted by atomic mass is 9.93. The molecular weight excluding hydrogens is 370 g/mol. The van der Waals surface area contributed by atoms with E-state index in [0.29, 0.717) is 38.5 Å². The number of likely N-dealkylation sites (tertiary alicyclic amines) is 1. The van der Waals surface area contributed by atoms with Gasteiger partial charge in [0.2, 0.25) is 5.91 Å². The van der Waals surface area contributed by atoms with Gasteiger partial charge in [0, 0.05) is 13.1 Å². The van der Waals surface area contributed by atoms with E-state index in [-0.39, 0.29) is 36.8 Å². The third-order valence-corrected chi connectivity index (χ3v) is 4.39. The Hall–Kier alpha value is -0.280. The number of aliphatic hydroxyl groups excluding tert-OH is 1. The molecule has 0 aromatic rings. The van der Waals surface area contributed by atoms with Gasteiger partial charge in [0.25, 0.3) is 0 Å². The van der Waals surface area contributed by atoms with E-state index in [9.17, 15) is 23.1 Å². The van der Waals surface area contributed by atoms with E-state index < -0.39 is 18.8 Å². The standard InChI is InChI=1S/C14H24F3N3O2.2ClH/c15-14(16,17)9-20-5-2-10(3-6-20)1-4-18-13(22)12-7-11(21)8-19-12;;/h10-12,19,21H,1-9H2,(H,18,22);2*1H. The quantitative estimate of drug-likeness (QED) is 0.656. The van der Waals surface area contributed by atoms with Crippen LogP contribution in [0.2, 0.25) is 0 Å². The minimum absolute atomic E-state index is 0. The second-order valence-corrected chi connectivity index (χ2v) is 6.26. The molecule has 0 saturated carbocycles. The molecule has 2 atom stereocenters. The molecule has 0 aromatic heterocycles. The first-order valence-corrected chi connectivity index (χ1v) is 7.82. The van der Waals surface area contributed by atoms with E-state index in [1.807, 2.05) is 0 Å². The van der Waals surface area contributed by atoms with Crippen molar-refractivity contribution in [2.45, 2.75) is 44.0 Å². The summed E-state index contributed by atoms with van der Waals surface area (Å²) in [6.45, 7) is 1.09. The maximum Gasteiger partial charge on any atom is 0.401 e. The molecule has 5 nitrogen and oxygen atoms in total. The highest BCUT2D eigenvalue weighted by Crippen LogP contribution is 2.24. The molecule has 0 radical (unpaired) electrons. The molecule has 2 saturated heterocycles. The van der Waals surface area contributed by atoms with Gasteiger partial charge < -0.3 is 15.7 Å². The Morgan fingerprint density at radius 3 is 2.38 bits per heavy atom. The van der Waals surface area contributed by atoms with E-state index >= 15 is 0 Å². The first-order valence-electron chi connectivity index (χ1n) is 7.82. The van der Waals surface area contributed by atoms with Gasteiger partial charge in [0.15, 0.2) is 0 Å². The monoisotopic (exact) mass is 395 g/mol. The molecule has 2 aliphatic heterocycles. The second kappa shape index (κ2) is 10.7. The lowest BCUT2D eigenvalue weighted by molar-refractivity contribution is -0.148. The summed E-state index contributed by atoms with van der Waals surface area (Å²) in [5.41, 5.74) is 0. The van der Waals surface area contributed by atoms with Crippen LogP contribution in [0.5, 0.6) is 0 Å². The van der Waals surface area contributed by atoms with Gasteiger partial charge in [-0.1, -0.05) is 0 Å². The van der Waals surface area contributed by atoms with E-state index in [2.05, 4.69) is 10.6 Å². The van der Waals surface area contributed by atoms with Crippen LogP contribution in [0, 0.1) is 5.92 Å². The van der Waals surface area contributed by atoms with Crippen molar-refractivity contribution in [3.8, 4) is 0 Å². The molecule has 3 N–H and O–H groups in total. The summed E-state index contributed by atoms with van der Waals surface area (Å²) in [7, 11) is 0. The van der Waals surface area contributed by atoms with Gasteiger partial charge in [-0.3, -0.25) is 9.69 Å². The SMILES string of the molecule is Cl.Cl.O=C(NCCC1CCN(CC(F)(F)F)CC1)C1CC(O)CN1. The normalized spacial score (nSPS) is 25.7. The van der Waals surface area contributed by atoms with Crippen LogP contribution >= 0.6 is 24.8 Å². The van der Waals surface area contributed by atoms with E-state index in [1.165, 1.54) is 4.90 Å². The number of carbonyl (C=O) groups excluding carboxylic acids is 1. The molecule has 0 aromatic carbocycles. The number of rotatable bonds is 5. The number of alkyl halides is 3. The van der Waals surface area contributed by atoms with Crippen molar-refractivity contribution in [1.82, 2.24) is 15.5 Å². The number of nitrogens with zero attached hydrogens (tertiary/aromatic N) is 1. The van der Waals surface area contributed by atoms with Crippen molar-refractivity contribution < 1.29 is 23.1 Å². The Morgan fingerprint density at radius 1 is 1.25 bits per heavy atom. The van der Waals surface area contributed by atoms with Crippen LogP contribution in [0.15, 0.2) is 0 Å². The average molecular weight is 396 g/mol. The molecule has 2 unspecified atom stereocenters. The van der Waals surface area contributed by atoms with E-state index in [4.69, 9.17) is 0 Å². The van der Waals surface area contributed by atoms with Crippen LogP contribution in [0.1, 0.15) is 25.7 Å². The van der Waals surface area contributed by atoms with Crippen molar-refractivity contribution >= 4 is 30.7 Å². The van der Waals surface area contributed by atoms with E-state index in [1.54, 1.807) is 0 Å². The average Bonchev–Trinajstić information content (AvgIpc) is 2.86. The minimum Gasteiger partial charge on any atom is -0.392 e. The first kappa shape index (κ1) is 23.7. The largest absolute Gasteiger partial charge is 0.401 e. The highest BCUT2D eigenvalue weighted by atomic mass is 35.5. The minimum atomic E-state index is -4.13. The summed E-state index contributed by atoms with van der Waals surface area (Å²) in [5.74, 6) is 0.262. The van der Waals surface area contributed by atoms with Crippen molar-refractivity contribution in [3.05, 3.63) is 0 Å². The van der Waals surface area contributed by atoms with Crippen molar-refractivity contribution in [2.24, 2.45) is 5.92 Å². The molecule has 144 valence electrons. The third-order valence-electron chi connectivity index (χ3n) is 4.39. The van der Waals surface area contributed by atoms with Crippen LogP contribution in [0.4, 0.5) is 13.2 Å². The van der Waals surface area contributed by atoms with Crippen LogP contribution in [0.3, 0.4) is 0 Å². The Balaban J connectivity index is 0.00000264. The summed E-state index contributed by atoms with van der Waals surface area (Å²) in [6, 6.07) is -0.330. The van der Waals surface area contributed by atoms with Gasteiger partial charge in [0.1, 0.15) is 0 Å². The molecule has 0 aliphatic carbocycles. The smallest absolute Gasteiger partial charge is 0.392 e. The van der Waals surface area contributed by atoms with Crippen LogP contribution in [-0.2, 0) is 4.79 Å². The highest BCUT2D eigenvalue weighted by molar-refractivity contribution is 5.85. The molecule has 1 amide bonds. The maximum atomic E-state index is 12.3. The first-order chi connectivity index (χ1) is 10.3. The zero-order valence-electron chi connectivity index (χ0n) is 13.3. The molecule has 2 fully saturated rings. The Bertz CT molecular complexity index is 381. The molecular formula is C14H26Cl2F3N3O2. The zero-order chi connectivity index (χ0) is 16.2. The Labute approximate surface area is 152 Å². The van der Waals surface area contributed by atoms with Gasteiger partial charge in [-0.05, 0) is 44.7 Å².